The van der Waals surface area contributed by atoms with Gasteiger partial charge in [-0.05, 0) is 38.8 Å². The number of nitrogens with zero attached hydrogens (tertiary/aromatic N) is 1. The van der Waals surface area contributed by atoms with Crippen LogP contribution in [0.1, 0.15) is 63.9 Å². The predicted molar refractivity (Wildman–Crippen MR) is 124 cm³/mol. The Balaban J connectivity index is 2.24. The molecule has 0 saturated heterocycles. The molecule has 0 spiro atoms. The molecule has 1 aliphatic rings. The van der Waals surface area contributed by atoms with Crippen molar-refractivity contribution in [3.8, 4) is 0 Å². The van der Waals surface area contributed by atoms with Gasteiger partial charge in [0.1, 0.15) is 0 Å². The van der Waals surface area contributed by atoms with Crippen LogP contribution in [0.5, 0.6) is 0 Å². The summed E-state index contributed by atoms with van der Waals surface area (Å²) in [5, 5.41) is 14.4. The third-order valence-corrected chi connectivity index (χ3v) is 5.63. The Bertz CT molecular complexity index is 938. The number of esters is 2. The van der Waals surface area contributed by atoms with Crippen LogP contribution in [0.4, 0.5) is 5.69 Å². The highest BCUT2D eigenvalue weighted by Gasteiger charge is 2.38. The van der Waals surface area contributed by atoms with Gasteiger partial charge in [0, 0.05) is 23.5 Å². The van der Waals surface area contributed by atoms with Gasteiger partial charge in [-0.15, -0.1) is 0 Å². The maximum Gasteiger partial charge on any atom is 0.336 e. The van der Waals surface area contributed by atoms with Crippen LogP contribution in [0.2, 0.25) is 0 Å². The van der Waals surface area contributed by atoms with E-state index in [4.69, 9.17) is 15.2 Å². The quantitative estimate of drug-likeness (QED) is 0.208. The number of benzene rings is 1. The Morgan fingerprint density at radius 3 is 2.24 bits per heavy atom. The lowest BCUT2D eigenvalue weighted by Gasteiger charge is -2.30. The van der Waals surface area contributed by atoms with Crippen molar-refractivity contribution < 1.29 is 24.0 Å². The number of non-ortho nitro benzene ring substituents is 1. The number of dihydropyridines is 1. The van der Waals surface area contributed by atoms with Gasteiger partial charge in [-0.2, -0.15) is 0 Å². The number of carbonyl (C=O) groups is 2. The lowest BCUT2D eigenvalue weighted by atomic mass is 9.80. The molecule has 0 fully saturated rings. The minimum absolute atomic E-state index is 0.132. The molecule has 1 heterocycles. The Kier molecular flexibility index (Phi) is 10.1. The Hall–Kier alpha value is -3.20. The van der Waals surface area contributed by atoms with Crippen molar-refractivity contribution in [2.75, 3.05) is 20.3 Å². The second-order valence-corrected chi connectivity index (χ2v) is 8.02. The second kappa shape index (κ2) is 12.7. The fourth-order valence-electron chi connectivity index (χ4n) is 3.99. The van der Waals surface area contributed by atoms with E-state index in [2.05, 4.69) is 5.32 Å². The van der Waals surface area contributed by atoms with Crippen LogP contribution in [0.15, 0.2) is 46.8 Å². The smallest absolute Gasteiger partial charge is 0.336 e. The average Bonchev–Trinajstić information content (AvgIpc) is 2.79. The maximum atomic E-state index is 13.1. The predicted octanol–water partition coefficient (Wildman–Crippen LogP) is 3.85. The van der Waals surface area contributed by atoms with Crippen LogP contribution in [0.25, 0.3) is 0 Å². The summed E-state index contributed by atoms with van der Waals surface area (Å²) in [5.74, 6) is -2.03. The number of allylic oxidation sites excluding steroid dienone is 2. The number of nitro benzene ring substituents is 1. The number of nitrogens with one attached hydrogen (secondary N) is 1. The van der Waals surface area contributed by atoms with Crippen molar-refractivity contribution in [1.82, 2.24) is 5.32 Å². The van der Waals surface area contributed by atoms with Crippen molar-refractivity contribution in [3.05, 3.63) is 62.5 Å². The fraction of sp³-hybridized carbons (Fsp3) is 0.500. The van der Waals surface area contributed by atoms with E-state index in [1.807, 2.05) is 0 Å². The van der Waals surface area contributed by atoms with E-state index in [0.717, 1.165) is 38.5 Å². The molecule has 0 amide bonds. The van der Waals surface area contributed by atoms with Gasteiger partial charge in [-0.3, -0.25) is 10.1 Å². The van der Waals surface area contributed by atoms with E-state index in [0.29, 0.717) is 23.5 Å². The summed E-state index contributed by atoms with van der Waals surface area (Å²) in [5.41, 5.74) is 7.31. The number of carbonyl (C=O) groups excluding carboxylic acids is 2. The summed E-state index contributed by atoms with van der Waals surface area (Å²) in [6.07, 6.45) is 5.93. The van der Waals surface area contributed by atoms with Gasteiger partial charge in [0.2, 0.25) is 0 Å². The third-order valence-electron chi connectivity index (χ3n) is 5.63. The Morgan fingerprint density at radius 2 is 1.64 bits per heavy atom. The highest BCUT2D eigenvalue weighted by atomic mass is 16.6. The maximum absolute atomic E-state index is 13.1. The van der Waals surface area contributed by atoms with E-state index in [1.165, 1.54) is 25.3 Å². The van der Waals surface area contributed by atoms with Crippen LogP contribution in [-0.4, -0.2) is 37.1 Å². The molecule has 0 saturated carbocycles. The minimum atomic E-state index is -0.845. The zero-order valence-electron chi connectivity index (χ0n) is 19.5. The van der Waals surface area contributed by atoms with Crippen molar-refractivity contribution in [2.24, 2.45) is 5.73 Å². The van der Waals surface area contributed by atoms with Crippen LogP contribution in [0, 0.1) is 10.1 Å². The lowest BCUT2D eigenvalue weighted by molar-refractivity contribution is -0.384. The number of hydrogen-bond donors (Lipinski definition) is 2. The standard InChI is InChI=1S/C24H33N3O6/c1-16-20(23(28)32-3)22(18-11-10-12-19(15-18)27(30)31)21(17(2)26-16)24(29)33-14-9-7-5-4-6-8-13-25/h10-12,15,22,26H,4-9,13-14,25H2,1-3H3. The first-order chi connectivity index (χ1) is 15.8. The summed E-state index contributed by atoms with van der Waals surface area (Å²) < 4.78 is 10.5. The molecular formula is C24H33N3O6. The van der Waals surface area contributed by atoms with Gasteiger partial charge in [-0.25, -0.2) is 9.59 Å². The SMILES string of the molecule is COC(=O)C1=C(C)NC(C)=C(C(=O)OCCCCCCCCN)C1c1cccc([N+](=O)[O-])c1. The summed E-state index contributed by atoms with van der Waals surface area (Å²) in [4.78, 5) is 36.5. The van der Waals surface area contributed by atoms with Gasteiger partial charge in [0.05, 0.1) is 35.7 Å². The molecule has 1 aliphatic heterocycles. The molecule has 1 atom stereocenters. The molecule has 9 nitrogen and oxygen atoms in total. The molecule has 9 heteroatoms. The third kappa shape index (κ3) is 6.89. The Morgan fingerprint density at radius 1 is 1.03 bits per heavy atom. The molecule has 1 aromatic carbocycles. The Labute approximate surface area is 194 Å². The van der Waals surface area contributed by atoms with Crippen molar-refractivity contribution in [2.45, 2.75) is 58.3 Å². The van der Waals surface area contributed by atoms with Gasteiger partial charge < -0.3 is 20.5 Å². The summed E-state index contributed by atoms with van der Waals surface area (Å²) in [7, 11) is 1.25. The number of nitrogens with two attached hydrogens (primary N) is 1. The van der Waals surface area contributed by atoms with E-state index in [9.17, 15) is 19.7 Å². The van der Waals surface area contributed by atoms with Crippen LogP contribution >= 0.6 is 0 Å². The van der Waals surface area contributed by atoms with Crippen molar-refractivity contribution >= 4 is 17.6 Å². The molecule has 3 N–H and O–H groups in total. The molecule has 1 aromatic rings. The van der Waals surface area contributed by atoms with Crippen LogP contribution in [0.3, 0.4) is 0 Å². The van der Waals surface area contributed by atoms with Crippen molar-refractivity contribution in [3.63, 3.8) is 0 Å². The average molecular weight is 460 g/mol. The summed E-state index contributed by atoms with van der Waals surface area (Å²) in [6, 6.07) is 5.92. The normalized spacial score (nSPS) is 15.8. The summed E-state index contributed by atoms with van der Waals surface area (Å²) >= 11 is 0. The highest BCUT2D eigenvalue weighted by molar-refractivity contribution is 5.99. The number of unbranched alkanes of at least 4 members (excludes halogenated alkanes) is 5. The molecule has 1 unspecified atom stereocenters. The molecule has 180 valence electrons. The first-order valence-corrected chi connectivity index (χ1v) is 11.2. The molecular weight excluding hydrogens is 426 g/mol. The molecule has 0 radical (unpaired) electrons. The highest BCUT2D eigenvalue weighted by Crippen LogP contribution is 2.40. The number of rotatable bonds is 12. The largest absolute Gasteiger partial charge is 0.466 e. The van der Waals surface area contributed by atoms with Gasteiger partial charge in [0.15, 0.2) is 0 Å². The molecule has 0 aromatic heterocycles. The second-order valence-electron chi connectivity index (χ2n) is 8.02. The molecule has 0 bridgehead atoms. The van der Waals surface area contributed by atoms with Gasteiger partial charge in [0.25, 0.3) is 5.69 Å². The van der Waals surface area contributed by atoms with Gasteiger partial charge in [-0.1, -0.05) is 37.8 Å². The van der Waals surface area contributed by atoms with Crippen LogP contribution < -0.4 is 11.1 Å². The number of hydrogen-bond acceptors (Lipinski definition) is 8. The lowest BCUT2D eigenvalue weighted by Crippen LogP contribution is -2.32. The van der Waals surface area contributed by atoms with Crippen molar-refractivity contribution in [1.29, 1.82) is 0 Å². The first-order valence-electron chi connectivity index (χ1n) is 11.2. The van der Waals surface area contributed by atoms with Crippen LogP contribution in [-0.2, 0) is 19.1 Å². The number of nitro groups is 1. The summed E-state index contributed by atoms with van der Waals surface area (Å²) in [6.45, 7) is 4.38. The monoisotopic (exact) mass is 459 g/mol. The first kappa shape index (κ1) is 26.1. The number of methoxy groups -OCH3 is 1. The molecule has 0 aliphatic carbocycles. The zero-order valence-corrected chi connectivity index (χ0v) is 19.5. The topological polar surface area (TPSA) is 134 Å². The van der Waals surface area contributed by atoms with E-state index in [1.54, 1.807) is 19.9 Å². The minimum Gasteiger partial charge on any atom is -0.466 e. The zero-order chi connectivity index (χ0) is 24.4. The van der Waals surface area contributed by atoms with E-state index in [-0.39, 0.29) is 23.4 Å². The van der Waals surface area contributed by atoms with Gasteiger partial charge >= 0.3 is 11.9 Å². The van der Waals surface area contributed by atoms with E-state index >= 15 is 0 Å². The molecule has 33 heavy (non-hydrogen) atoms. The number of ether oxygens (including phenoxy) is 2. The van der Waals surface area contributed by atoms with E-state index < -0.39 is 22.8 Å². The fourth-order valence-corrected chi connectivity index (χ4v) is 3.99. The molecule has 2 rings (SSSR count).